The maximum Gasteiger partial charge on any atom is 0.452 e. The molecule has 1 aromatic heterocycles. The number of anilines is 1. The van der Waals surface area contributed by atoms with Gasteiger partial charge in [-0.15, -0.1) is 11.6 Å². The molecule has 0 aliphatic rings. The SMILES string of the molecule is CCC(Cl)CNc1nc(C(F)(F)F)ns1. The van der Waals surface area contributed by atoms with Gasteiger partial charge in [-0.2, -0.15) is 22.5 Å². The van der Waals surface area contributed by atoms with Crippen molar-refractivity contribution in [2.75, 3.05) is 11.9 Å². The van der Waals surface area contributed by atoms with E-state index in [0.29, 0.717) is 18.1 Å². The van der Waals surface area contributed by atoms with Gasteiger partial charge in [0.25, 0.3) is 0 Å². The highest BCUT2D eigenvalue weighted by Gasteiger charge is 2.36. The van der Waals surface area contributed by atoms with Crippen molar-refractivity contribution in [3.8, 4) is 0 Å². The van der Waals surface area contributed by atoms with Gasteiger partial charge in [0.15, 0.2) is 0 Å². The average molecular weight is 260 g/mol. The Morgan fingerprint density at radius 2 is 2.20 bits per heavy atom. The van der Waals surface area contributed by atoms with Crippen molar-refractivity contribution in [3.05, 3.63) is 5.82 Å². The van der Waals surface area contributed by atoms with Crippen LogP contribution in [0.5, 0.6) is 0 Å². The minimum Gasteiger partial charge on any atom is -0.359 e. The second-order valence-electron chi connectivity index (χ2n) is 2.81. The predicted molar refractivity (Wildman–Crippen MR) is 53.3 cm³/mol. The minimum atomic E-state index is -4.48. The van der Waals surface area contributed by atoms with Crippen LogP contribution in [0.15, 0.2) is 0 Å². The van der Waals surface area contributed by atoms with Crippen molar-refractivity contribution in [2.24, 2.45) is 0 Å². The van der Waals surface area contributed by atoms with E-state index < -0.39 is 12.0 Å². The van der Waals surface area contributed by atoms with E-state index in [1.807, 2.05) is 6.92 Å². The van der Waals surface area contributed by atoms with Crippen molar-refractivity contribution in [1.29, 1.82) is 0 Å². The summed E-state index contributed by atoms with van der Waals surface area (Å²) in [6, 6.07) is 0. The number of nitrogens with zero attached hydrogens (tertiary/aromatic N) is 2. The first-order chi connectivity index (χ1) is 6.93. The summed E-state index contributed by atoms with van der Waals surface area (Å²) in [5, 5.41) is 2.72. The van der Waals surface area contributed by atoms with Crippen molar-refractivity contribution < 1.29 is 13.2 Å². The molecule has 8 heteroatoms. The smallest absolute Gasteiger partial charge is 0.359 e. The number of aromatic nitrogens is 2. The molecule has 1 aromatic rings. The molecule has 0 saturated heterocycles. The molecule has 0 radical (unpaired) electrons. The molecular weight excluding hydrogens is 251 g/mol. The van der Waals surface area contributed by atoms with Crippen LogP contribution in [0.3, 0.4) is 0 Å². The molecule has 1 atom stereocenters. The van der Waals surface area contributed by atoms with Crippen molar-refractivity contribution in [2.45, 2.75) is 24.9 Å². The third-order valence-corrected chi connectivity index (χ3v) is 2.73. The quantitative estimate of drug-likeness (QED) is 0.845. The fourth-order valence-electron chi connectivity index (χ4n) is 0.753. The number of nitrogens with one attached hydrogen (secondary N) is 1. The number of hydrogen-bond donors (Lipinski definition) is 1. The lowest BCUT2D eigenvalue weighted by molar-refractivity contribution is -0.144. The fraction of sp³-hybridized carbons (Fsp3) is 0.714. The Labute approximate surface area is 93.8 Å². The van der Waals surface area contributed by atoms with E-state index in [-0.39, 0.29) is 10.5 Å². The monoisotopic (exact) mass is 259 g/mol. The first kappa shape index (κ1) is 12.5. The summed E-state index contributed by atoms with van der Waals surface area (Å²) >= 11 is 6.46. The zero-order chi connectivity index (χ0) is 11.5. The van der Waals surface area contributed by atoms with Crippen LogP contribution in [0.1, 0.15) is 19.2 Å². The van der Waals surface area contributed by atoms with Gasteiger partial charge in [-0.05, 0) is 6.42 Å². The maximum absolute atomic E-state index is 12.1. The lowest BCUT2D eigenvalue weighted by Gasteiger charge is -2.05. The van der Waals surface area contributed by atoms with Gasteiger partial charge >= 0.3 is 6.18 Å². The van der Waals surface area contributed by atoms with Gasteiger partial charge in [0.05, 0.1) is 5.38 Å². The third kappa shape index (κ3) is 3.83. The molecule has 1 N–H and O–H groups in total. The van der Waals surface area contributed by atoms with Gasteiger partial charge in [-0.1, -0.05) is 6.92 Å². The Morgan fingerprint density at radius 1 is 1.53 bits per heavy atom. The molecule has 0 aliphatic heterocycles. The van der Waals surface area contributed by atoms with Crippen LogP contribution in [-0.4, -0.2) is 21.3 Å². The first-order valence-electron chi connectivity index (χ1n) is 4.22. The molecule has 0 aliphatic carbocycles. The van der Waals surface area contributed by atoms with Crippen LogP contribution in [-0.2, 0) is 6.18 Å². The predicted octanol–water partition coefficient (Wildman–Crippen LogP) is 2.99. The molecule has 15 heavy (non-hydrogen) atoms. The number of halogens is 4. The van der Waals surface area contributed by atoms with Crippen LogP contribution in [0.2, 0.25) is 0 Å². The second-order valence-corrected chi connectivity index (χ2v) is 4.18. The van der Waals surface area contributed by atoms with Crippen molar-refractivity contribution in [1.82, 2.24) is 9.36 Å². The number of rotatable bonds is 4. The molecule has 0 bridgehead atoms. The molecule has 1 unspecified atom stereocenters. The molecule has 0 amide bonds. The number of alkyl halides is 4. The molecule has 0 fully saturated rings. The standard InChI is InChI=1S/C7H9ClF3N3S/c1-2-4(8)3-12-6-13-5(14-15-6)7(9,10)11/h4H,2-3H2,1H3,(H,12,13,14). The first-order valence-corrected chi connectivity index (χ1v) is 5.43. The highest BCUT2D eigenvalue weighted by molar-refractivity contribution is 7.09. The summed E-state index contributed by atoms with van der Waals surface area (Å²) in [6.45, 7) is 2.27. The average Bonchev–Trinajstić information content (AvgIpc) is 2.61. The van der Waals surface area contributed by atoms with Gasteiger partial charge in [0.2, 0.25) is 11.0 Å². The van der Waals surface area contributed by atoms with E-state index in [9.17, 15) is 13.2 Å². The van der Waals surface area contributed by atoms with Gasteiger partial charge in [-0.3, -0.25) is 0 Å². The lowest BCUT2D eigenvalue weighted by atomic mass is 10.3. The van der Waals surface area contributed by atoms with E-state index in [0.717, 1.165) is 6.42 Å². The van der Waals surface area contributed by atoms with Gasteiger partial charge < -0.3 is 5.32 Å². The molecule has 86 valence electrons. The van der Waals surface area contributed by atoms with E-state index in [1.54, 1.807) is 0 Å². The van der Waals surface area contributed by atoms with Gasteiger partial charge in [0.1, 0.15) is 0 Å². The van der Waals surface area contributed by atoms with Crippen LogP contribution in [0.25, 0.3) is 0 Å². The van der Waals surface area contributed by atoms with Crippen LogP contribution in [0, 0.1) is 0 Å². The van der Waals surface area contributed by atoms with Crippen LogP contribution in [0.4, 0.5) is 18.3 Å². The summed E-state index contributed by atoms with van der Waals surface area (Å²) in [6.07, 6.45) is -3.75. The Morgan fingerprint density at radius 3 is 2.67 bits per heavy atom. The molecule has 1 rings (SSSR count). The molecule has 3 nitrogen and oxygen atoms in total. The van der Waals surface area contributed by atoms with E-state index in [2.05, 4.69) is 14.7 Å². The third-order valence-electron chi connectivity index (χ3n) is 1.60. The maximum atomic E-state index is 12.1. The van der Waals surface area contributed by atoms with Crippen molar-refractivity contribution in [3.63, 3.8) is 0 Å². The van der Waals surface area contributed by atoms with E-state index >= 15 is 0 Å². The Kier molecular flexibility index (Phi) is 4.15. The summed E-state index contributed by atoms with van der Waals surface area (Å²) in [7, 11) is 0. The zero-order valence-corrected chi connectivity index (χ0v) is 9.38. The zero-order valence-electron chi connectivity index (χ0n) is 7.81. The minimum absolute atomic E-state index is 0.122. The Balaban J connectivity index is 2.54. The summed E-state index contributed by atoms with van der Waals surface area (Å²) in [5.41, 5.74) is 0. The van der Waals surface area contributed by atoms with Crippen LogP contribution >= 0.6 is 23.1 Å². The molecule has 1 heterocycles. The normalized spacial score (nSPS) is 13.9. The topological polar surface area (TPSA) is 37.8 Å². The molecular formula is C7H9ClF3N3S. The molecule has 0 aromatic carbocycles. The molecule has 0 saturated carbocycles. The summed E-state index contributed by atoms with van der Waals surface area (Å²) < 4.78 is 39.5. The second kappa shape index (κ2) is 4.98. The van der Waals surface area contributed by atoms with Gasteiger partial charge in [0, 0.05) is 18.1 Å². The lowest BCUT2D eigenvalue weighted by Crippen LogP contribution is -2.13. The number of hydrogen-bond acceptors (Lipinski definition) is 4. The summed E-state index contributed by atoms with van der Waals surface area (Å²) in [4.78, 5) is 3.30. The fourth-order valence-corrected chi connectivity index (χ4v) is 1.42. The molecule has 0 spiro atoms. The van der Waals surface area contributed by atoms with Crippen molar-refractivity contribution >= 4 is 28.3 Å². The Hall–Kier alpha value is -0.560. The highest BCUT2D eigenvalue weighted by Crippen LogP contribution is 2.28. The summed E-state index contributed by atoms with van der Waals surface area (Å²) in [5.74, 6) is -1.11. The van der Waals surface area contributed by atoms with Crippen LogP contribution < -0.4 is 5.32 Å². The van der Waals surface area contributed by atoms with Gasteiger partial charge in [-0.25, -0.2) is 0 Å². The van der Waals surface area contributed by atoms with E-state index in [1.165, 1.54) is 0 Å². The largest absolute Gasteiger partial charge is 0.452 e. The highest BCUT2D eigenvalue weighted by atomic mass is 35.5. The van der Waals surface area contributed by atoms with E-state index in [4.69, 9.17) is 11.6 Å². The Bertz CT molecular complexity index is 315.